The van der Waals surface area contributed by atoms with Crippen LogP contribution < -0.4 is 11.2 Å². The summed E-state index contributed by atoms with van der Waals surface area (Å²) in [6, 6.07) is 18.8. The van der Waals surface area contributed by atoms with Gasteiger partial charge in [0.15, 0.2) is 5.17 Å². The number of amidine groups is 1. The number of carbonyl (C=O) groups excluding carboxylic acids is 1. The number of aliphatic imine (C=N–C) groups is 1. The number of benzene rings is 2. The van der Waals surface area contributed by atoms with E-state index in [4.69, 9.17) is 4.99 Å². The lowest BCUT2D eigenvalue weighted by Crippen LogP contribution is -2.46. The normalized spacial score (nSPS) is 15.1. The lowest BCUT2D eigenvalue weighted by Gasteiger charge is -2.28. The maximum absolute atomic E-state index is 13.3. The quantitative estimate of drug-likeness (QED) is 0.542. The molecule has 1 aliphatic heterocycles. The van der Waals surface area contributed by atoms with E-state index in [0.29, 0.717) is 24.2 Å². The molecule has 0 N–H and O–H groups in total. The van der Waals surface area contributed by atoms with Crippen LogP contribution in [0.3, 0.4) is 0 Å². The molecule has 0 unspecified atom stereocenters. The molecular formula is C26H28N4O3S. The third-order valence-corrected chi connectivity index (χ3v) is 6.76. The molecule has 0 spiro atoms. The fourth-order valence-electron chi connectivity index (χ4n) is 3.89. The molecule has 1 aliphatic rings. The van der Waals surface area contributed by atoms with Gasteiger partial charge in [-0.1, -0.05) is 74.1 Å². The molecule has 0 atom stereocenters. The molecule has 1 fully saturated rings. The average Bonchev–Trinajstić information content (AvgIpc) is 2.84. The molecule has 8 heteroatoms. The lowest BCUT2D eigenvalue weighted by atomic mass is 10.0. The first-order valence-corrected chi connectivity index (χ1v) is 12.4. The third-order valence-electron chi connectivity index (χ3n) is 5.69. The number of thioether (sulfide) groups is 1. The van der Waals surface area contributed by atoms with Gasteiger partial charge in [-0.15, -0.1) is 0 Å². The van der Waals surface area contributed by atoms with Crippen LogP contribution in [-0.4, -0.2) is 37.4 Å². The standard InChI is InChI=1S/C26H28N4O3S/c1-19(2)21-11-6-7-12-22(21)27-25-29(14-8-16-34-25)24(32)18-30-23(31)13-15-28(26(30)33)17-20-9-4-3-5-10-20/h3-7,9-13,15,19H,8,14,16-18H2,1-2H3. The van der Waals surface area contributed by atoms with Gasteiger partial charge in [0.1, 0.15) is 6.54 Å². The van der Waals surface area contributed by atoms with Gasteiger partial charge in [0.2, 0.25) is 5.91 Å². The number of aromatic nitrogens is 2. The average molecular weight is 477 g/mol. The summed E-state index contributed by atoms with van der Waals surface area (Å²) in [5.41, 5.74) is 1.89. The number of amides is 1. The van der Waals surface area contributed by atoms with Gasteiger partial charge in [-0.25, -0.2) is 9.79 Å². The van der Waals surface area contributed by atoms with Gasteiger partial charge in [-0.3, -0.25) is 23.6 Å². The molecule has 1 amide bonds. The van der Waals surface area contributed by atoms with Crippen molar-refractivity contribution in [2.75, 3.05) is 12.3 Å². The van der Waals surface area contributed by atoms with E-state index in [1.165, 1.54) is 28.6 Å². The molecule has 1 saturated heterocycles. The van der Waals surface area contributed by atoms with Crippen LogP contribution in [0, 0.1) is 0 Å². The number of nitrogens with zero attached hydrogens (tertiary/aromatic N) is 4. The van der Waals surface area contributed by atoms with Gasteiger partial charge in [0.25, 0.3) is 5.56 Å². The molecule has 3 aromatic rings. The molecule has 176 valence electrons. The van der Waals surface area contributed by atoms with Crippen molar-refractivity contribution in [1.29, 1.82) is 0 Å². The van der Waals surface area contributed by atoms with E-state index in [2.05, 4.69) is 13.8 Å². The number of rotatable bonds is 6. The van der Waals surface area contributed by atoms with Gasteiger partial charge in [-0.2, -0.15) is 0 Å². The molecule has 4 rings (SSSR count). The highest BCUT2D eigenvalue weighted by Crippen LogP contribution is 2.29. The van der Waals surface area contributed by atoms with Crippen LogP contribution in [-0.2, 0) is 17.9 Å². The van der Waals surface area contributed by atoms with Gasteiger partial charge in [0, 0.05) is 24.6 Å². The predicted molar refractivity (Wildman–Crippen MR) is 137 cm³/mol. The molecule has 0 bridgehead atoms. The number of para-hydroxylation sites is 1. The third kappa shape index (κ3) is 5.39. The molecule has 2 heterocycles. The summed E-state index contributed by atoms with van der Waals surface area (Å²) in [6.07, 6.45) is 2.30. The smallest absolute Gasteiger partial charge is 0.296 e. The first kappa shape index (κ1) is 23.8. The monoisotopic (exact) mass is 476 g/mol. The second-order valence-electron chi connectivity index (χ2n) is 8.49. The Morgan fingerprint density at radius 2 is 1.76 bits per heavy atom. The zero-order valence-corrected chi connectivity index (χ0v) is 20.2. The van der Waals surface area contributed by atoms with Gasteiger partial charge < -0.3 is 0 Å². The van der Waals surface area contributed by atoms with Crippen molar-refractivity contribution < 1.29 is 4.79 Å². The van der Waals surface area contributed by atoms with Crippen molar-refractivity contribution in [3.05, 3.63) is 98.8 Å². The topological polar surface area (TPSA) is 76.7 Å². The minimum Gasteiger partial charge on any atom is -0.296 e. The van der Waals surface area contributed by atoms with E-state index in [9.17, 15) is 14.4 Å². The summed E-state index contributed by atoms with van der Waals surface area (Å²) in [6.45, 7) is 4.73. The summed E-state index contributed by atoms with van der Waals surface area (Å²) < 4.78 is 2.45. The van der Waals surface area contributed by atoms with E-state index >= 15 is 0 Å². The highest BCUT2D eigenvalue weighted by molar-refractivity contribution is 8.13. The fourth-order valence-corrected chi connectivity index (χ4v) is 4.86. The van der Waals surface area contributed by atoms with Crippen LogP contribution in [0.4, 0.5) is 5.69 Å². The maximum atomic E-state index is 13.3. The molecular weight excluding hydrogens is 448 g/mol. The van der Waals surface area contributed by atoms with Crippen molar-refractivity contribution in [1.82, 2.24) is 14.0 Å². The summed E-state index contributed by atoms with van der Waals surface area (Å²) >= 11 is 1.52. The molecule has 7 nitrogen and oxygen atoms in total. The zero-order valence-electron chi connectivity index (χ0n) is 19.4. The predicted octanol–water partition coefficient (Wildman–Crippen LogP) is 3.83. The Hall–Kier alpha value is -3.39. The highest BCUT2D eigenvalue weighted by atomic mass is 32.2. The van der Waals surface area contributed by atoms with E-state index in [0.717, 1.165) is 33.6 Å². The van der Waals surface area contributed by atoms with Crippen molar-refractivity contribution >= 4 is 28.5 Å². The van der Waals surface area contributed by atoms with E-state index in [1.54, 1.807) is 4.90 Å². The SMILES string of the molecule is CC(C)c1ccccc1N=C1SCCCN1C(=O)Cn1c(=O)ccn(Cc2ccccc2)c1=O. The summed E-state index contributed by atoms with van der Waals surface area (Å²) in [4.78, 5) is 45.2. The first-order valence-electron chi connectivity index (χ1n) is 11.4. The van der Waals surface area contributed by atoms with Gasteiger partial charge in [-0.05, 0) is 29.5 Å². The Balaban J connectivity index is 1.61. The Bertz CT molecular complexity index is 1310. The van der Waals surface area contributed by atoms with Crippen molar-refractivity contribution in [2.45, 2.75) is 39.3 Å². The second-order valence-corrected chi connectivity index (χ2v) is 9.55. The maximum Gasteiger partial charge on any atom is 0.331 e. The van der Waals surface area contributed by atoms with Crippen molar-refractivity contribution in [3.8, 4) is 0 Å². The van der Waals surface area contributed by atoms with Crippen LogP contribution in [0.1, 0.15) is 37.3 Å². The zero-order chi connectivity index (χ0) is 24.1. The molecule has 0 saturated carbocycles. The summed E-state index contributed by atoms with van der Waals surface area (Å²) in [5.74, 6) is 0.843. The van der Waals surface area contributed by atoms with E-state index in [1.807, 2.05) is 54.6 Å². The molecule has 2 aromatic carbocycles. The van der Waals surface area contributed by atoms with Crippen molar-refractivity contribution in [3.63, 3.8) is 0 Å². The molecule has 0 radical (unpaired) electrons. The second kappa shape index (κ2) is 10.7. The van der Waals surface area contributed by atoms with Gasteiger partial charge in [0.05, 0.1) is 12.2 Å². The first-order chi connectivity index (χ1) is 16.4. The Kier molecular flexibility index (Phi) is 7.47. The van der Waals surface area contributed by atoms with Crippen LogP contribution in [0.15, 0.2) is 81.4 Å². The fraction of sp³-hybridized carbons (Fsp3) is 0.308. The minimum absolute atomic E-state index is 0.296. The number of carbonyl (C=O) groups is 1. The van der Waals surface area contributed by atoms with E-state index < -0.39 is 11.2 Å². The largest absolute Gasteiger partial charge is 0.331 e. The molecule has 1 aromatic heterocycles. The van der Waals surface area contributed by atoms with Crippen LogP contribution >= 0.6 is 11.8 Å². The summed E-state index contributed by atoms with van der Waals surface area (Å²) in [5, 5.41) is 0.609. The molecule has 0 aliphatic carbocycles. The summed E-state index contributed by atoms with van der Waals surface area (Å²) in [7, 11) is 0. The Morgan fingerprint density at radius 1 is 1.03 bits per heavy atom. The van der Waals surface area contributed by atoms with Crippen LogP contribution in [0.25, 0.3) is 0 Å². The van der Waals surface area contributed by atoms with Gasteiger partial charge >= 0.3 is 5.69 Å². The Labute approximate surface area is 202 Å². The number of hydrogen-bond donors (Lipinski definition) is 0. The Morgan fingerprint density at radius 3 is 2.53 bits per heavy atom. The number of hydrogen-bond acceptors (Lipinski definition) is 5. The lowest BCUT2D eigenvalue weighted by molar-refractivity contribution is -0.128. The minimum atomic E-state index is -0.502. The van der Waals surface area contributed by atoms with E-state index in [-0.39, 0.29) is 12.5 Å². The highest BCUT2D eigenvalue weighted by Gasteiger charge is 2.25. The van der Waals surface area contributed by atoms with Crippen LogP contribution in [0.5, 0.6) is 0 Å². The van der Waals surface area contributed by atoms with Crippen molar-refractivity contribution in [2.24, 2.45) is 4.99 Å². The van der Waals surface area contributed by atoms with Crippen LogP contribution in [0.2, 0.25) is 0 Å². The molecule has 34 heavy (non-hydrogen) atoms.